The minimum Gasteiger partial charge on any atom is -0.390 e. The third-order valence-corrected chi connectivity index (χ3v) is 10.0. The van der Waals surface area contributed by atoms with E-state index in [-0.39, 0.29) is 31.3 Å². The van der Waals surface area contributed by atoms with E-state index in [2.05, 4.69) is 26.0 Å². The van der Waals surface area contributed by atoms with Crippen LogP contribution in [0, 0.1) is 28.6 Å². The minimum atomic E-state index is -1.68. The number of aliphatic hydroxyl groups is 1. The second-order valence-electron chi connectivity index (χ2n) is 10.9. The van der Waals surface area contributed by atoms with Crippen molar-refractivity contribution in [3.8, 4) is 0 Å². The summed E-state index contributed by atoms with van der Waals surface area (Å²) in [5.41, 5.74) is -2.49. The van der Waals surface area contributed by atoms with Crippen molar-refractivity contribution < 1.29 is 28.4 Å². The van der Waals surface area contributed by atoms with Crippen molar-refractivity contribution in [3.63, 3.8) is 0 Å². The Morgan fingerprint density at radius 3 is 2.70 bits per heavy atom. The summed E-state index contributed by atoms with van der Waals surface area (Å²) in [4.78, 5) is 0. The van der Waals surface area contributed by atoms with Crippen molar-refractivity contribution in [2.45, 2.75) is 76.0 Å². The number of fused-ring (bicyclic) bond motifs is 7. The molecule has 0 amide bonds. The molecule has 2 saturated heterocycles. The smallest absolute Gasteiger partial charge is 0.227 e. The standard InChI is InChI=1S/C24H33FO5/c1-15-10-18-17-8-7-16-6-4-5-9-20(16,2)23(17,25)19(26)11-21(18,3)24(15)22(29-14-30-24)12-27-13-28-22/h5-6,9,15,17-19,26H,4,7-8,10-14H2,1-3H3/t15-,17-,18-,19-,20-,21-,22?,23-,24+/m0/s1. The molecule has 3 saturated carbocycles. The molecule has 2 heterocycles. The van der Waals surface area contributed by atoms with Crippen LogP contribution in [0.4, 0.5) is 4.39 Å². The first kappa shape index (κ1) is 19.9. The second kappa shape index (κ2) is 5.96. The highest BCUT2D eigenvalue weighted by molar-refractivity contribution is 5.38. The van der Waals surface area contributed by atoms with Gasteiger partial charge >= 0.3 is 0 Å². The molecule has 2 aliphatic heterocycles. The van der Waals surface area contributed by atoms with E-state index in [4.69, 9.17) is 18.9 Å². The first-order valence-corrected chi connectivity index (χ1v) is 11.5. The zero-order valence-corrected chi connectivity index (χ0v) is 18.2. The third-order valence-electron chi connectivity index (χ3n) is 10.0. The van der Waals surface area contributed by atoms with E-state index in [1.165, 1.54) is 0 Å². The lowest BCUT2D eigenvalue weighted by Gasteiger charge is -2.63. The molecule has 6 aliphatic rings. The van der Waals surface area contributed by atoms with Crippen LogP contribution in [0.25, 0.3) is 0 Å². The lowest BCUT2D eigenvalue weighted by molar-refractivity contribution is -0.277. The van der Waals surface area contributed by atoms with Gasteiger partial charge in [-0.1, -0.05) is 37.6 Å². The number of rotatable bonds is 0. The summed E-state index contributed by atoms with van der Waals surface area (Å²) in [5.74, 6) is -1.02. The summed E-state index contributed by atoms with van der Waals surface area (Å²) < 4.78 is 41.4. The van der Waals surface area contributed by atoms with Gasteiger partial charge in [-0.3, -0.25) is 0 Å². The van der Waals surface area contributed by atoms with E-state index in [1.807, 2.05) is 13.0 Å². The van der Waals surface area contributed by atoms with Crippen LogP contribution < -0.4 is 0 Å². The average molecular weight is 421 g/mol. The maximum absolute atomic E-state index is 17.2. The largest absolute Gasteiger partial charge is 0.390 e. The summed E-state index contributed by atoms with van der Waals surface area (Å²) in [6, 6.07) is 0. The molecule has 5 nitrogen and oxygen atoms in total. The Morgan fingerprint density at radius 1 is 1.13 bits per heavy atom. The van der Waals surface area contributed by atoms with Crippen molar-refractivity contribution in [1.82, 2.24) is 0 Å². The quantitative estimate of drug-likeness (QED) is 0.603. The molecule has 0 aromatic heterocycles. The fourth-order valence-corrected chi connectivity index (χ4v) is 8.87. The van der Waals surface area contributed by atoms with Gasteiger partial charge in [0.1, 0.15) is 12.2 Å². The normalized spacial score (nSPS) is 59.3. The van der Waals surface area contributed by atoms with Gasteiger partial charge in [-0.05, 0) is 50.9 Å². The van der Waals surface area contributed by atoms with Crippen LogP contribution in [0.3, 0.4) is 0 Å². The van der Waals surface area contributed by atoms with Crippen molar-refractivity contribution in [3.05, 3.63) is 23.8 Å². The highest BCUT2D eigenvalue weighted by Gasteiger charge is 2.81. The van der Waals surface area contributed by atoms with Gasteiger partial charge in [0.25, 0.3) is 0 Å². The molecule has 6 rings (SSSR count). The third kappa shape index (κ3) is 1.90. The molecular formula is C24H33FO5. The number of hydrogen-bond donors (Lipinski definition) is 1. The molecule has 9 atom stereocenters. The molecule has 0 bridgehead atoms. The second-order valence-corrected chi connectivity index (χ2v) is 10.9. The van der Waals surface area contributed by atoms with E-state index >= 15 is 4.39 Å². The van der Waals surface area contributed by atoms with Crippen LogP contribution >= 0.6 is 0 Å². The molecular weight excluding hydrogens is 387 g/mol. The summed E-state index contributed by atoms with van der Waals surface area (Å²) >= 11 is 0. The Balaban J connectivity index is 1.48. The molecule has 1 unspecified atom stereocenters. The molecule has 0 aromatic rings. The SMILES string of the molecule is C[C@H]1C[C@H]2[C@@H]3CCC4=CCC=C[C@]4(C)[C@@]3(F)[C@@H](O)C[C@]2(C)[C@]12OCOC21COCO1. The van der Waals surface area contributed by atoms with Crippen LogP contribution in [0.1, 0.15) is 52.9 Å². The van der Waals surface area contributed by atoms with Crippen LogP contribution in [-0.4, -0.2) is 48.5 Å². The number of ether oxygens (including phenoxy) is 4. The van der Waals surface area contributed by atoms with Crippen molar-refractivity contribution in [2.75, 3.05) is 20.2 Å². The average Bonchev–Trinajstić information content (AvgIpc) is 3.39. The first-order chi connectivity index (χ1) is 14.3. The summed E-state index contributed by atoms with van der Waals surface area (Å²) in [7, 11) is 0. The Morgan fingerprint density at radius 2 is 1.93 bits per heavy atom. The summed E-state index contributed by atoms with van der Waals surface area (Å²) in [5, 5.41) is 11.5. The molecule has 2 spiro atoms. The number of alkyl halides is 1. The molecule has 4 aliphatic carbocycles. The van der Waals surface area contributed by atoms with E-state index in [0.717, 1.165) is 31.3 Å². The van der Waals surface area contributed by atoms with Crippen LogP contribution in [0.5, 0.6) is 0 Å². The van der Waals surface area contributed by atoms with Gasteiger partial charge < -0.3 is 24.1 Å². The predicted molar refractivity (Wildman–Crippen MR) is 107 cm³/mol. The molecule has 0 radical (unpaired) electrons. The molecule has 0 aromatic carbocycles. The fraction of sp³-hybridized carbons (Fsp3) is 0.833. The predicted octanol–water partition coefficient (Wildman–Crippen LogP) is 3.87. The van der Waals surface area contributed by atoms with Crippen LogP contribution in [0.15, 0.2) is 23.8 Å². The van der Waals surface area contributed by atoms with Crippen molar-refractivity contribution in [1.29, 1.82) is 0 Å². The Bertz CT molecular complexity index is 815. The summed E-state index contributed by atoms with van der Waals surface area (Å²) in [6.45, 7) is 6.97. The summed E-state index contributed by atoms with van der Waals surface area (Å²) in [6.07, 6.45) is 8.85. The highest BCUT2D eigenvalue weighted by Crippen LogP contribution is 2.74. The van der Waals surface area contributed by atoms with Crippen molar-refractivity contribution >= 4 is 0 Å². The minimum absolute atomic E-state index is 0.0809. The number of aliphatic hydroxyl groups excluding tert-OH is 1. The van der Waals surface area contributed by atoms with E-state index in [9.17, 15) is 5.11 Å². The topological polar surface area (TPSA) is 57.2 Å². The Hall–Kier alpha value is -0.790. The van der Waals surface area contributed by atoms with Gasteiger partial charge in [-0.2, -0.15) is 0 Å². The first-order valence-electron chi connectivity index (χ1n) is 11.5. The maximum Gasteiger partial charge on any atom is 0.227 e. The number of allylic oxidation sites excluding steroid dienone is 4. The van der Waals surface area contributed by atoms with Crippen LogP contribution in [0.2, 0.25) is 0 Å². The molecule has 6 heteroatoms. The molecule has 166 valence electrons. The monoisotopic (exact) mass is 420 g/mol. The molecule has 5 fully saturated rings. The Kier molecular flexibility index (Phi) is 3.94. The molecule has 30 heavy (non-hydrogen) atoms. The zero-order chi connectivity index (χ0) is 21.0. The van der Waals surface area contributed by atoms with Gasteiger partial charge in [0.05, 0.1) is 6.10 Å². The van der Waals surface area contributed by atoms with Gasteiger partial charge in [0.15, 0.2) is 19.3 Å². The van der Waals surface area contributed by atoms with Crippen molar-refractivity contribution in [2.24, 2.45) is 28.6 Å². The van der Waals surface area contributed by atoms with Gasteiger partial charge in [0, 0.05) is 16.7 Å². The Labute approximate surface area is 177 Å². The maximum atomic E-state index is 17.2. The van der Waals surface area contributed by atoms with Gasteiger partial charge in [-0.25, -0.2) is 4.39 Å². The van der Waals surface area contributed by atoms with E-state index < -0.39 is 34.0 Å². The van der Waals surface area contributed by atoms with E-state index in [0.29, 0.717) is 13.0 Å². The molecule has 1 N–H and O–H groups in total. The van der Waals surface area contributed by atoms with E-state index in [1.54, 1.807) is 0 Å². The number of halogens is 1. The lowest BCUT2D eigenvalue weighted by Crippen LogP contribution is -2.71. The lowest BCUT2D eigenvalue weighted by atomic mass is 9.44. The highest BCUT2D eigenvalue weighted by atomic mass is 19.1. The number of hydrogen-bond acceptors (Lipinski definition) is 5. The van der Waals surface area contributed by atoms with Gasteiger partial charge in [-0.15, -0.1) is 0 Å². The van der Waals surface area contributed by atoms with Crippen LogP contribution in [-0.2, 0) is 18.9 Å². The zero-order valence-electron chi connectivity index (χ0n) is 18.2. The van der Waals surface area contributed by atoms with Gasteiger partial charge in [0.2, 0.25) is 5.79 Å². The fourth-order valence-electron chi connectivity index (χ4n) is 8.87.